The lowest BCUT2D eigenvalue weighted by atomic mass is 10.1. The summed E-state index contributed by atoms with van der Waals surface area (Å²) in [5.41, 5.74) is 0.889. The van der Waals surface area contributed by atoms with Gasteiger partial charge in [-0.1, -0.05) is 0 Å². The van der Waals surface area contributed by atoms with Crippen LogP contribution < -0.4 is 5.32 Å². The number of hydrogen-bond donors (Lipinski definition) is 1. The Morgan fingerprint density at radius 2 is 1.81 bits per heavy atom. The molecule has 0 bridgehead atoms. The molecule has 1 atom stereocenters. The third kappa shape index (κ3) is 3.13. The summed E-state index contributed by atoms with van der Waals surface area (Å²) in [5.74, 6) is -3.43. The Kier molecular flexibility index (Phi) is 3.79. The van der Waals surface area contributed by atoms with Gasteiger partial charge in [-0.05, 0) is 18.9 Å². The molecule has 7 heteroatoms. The van der Waals surface area contributed by atoms with E-state index < -0.39 is 17.8 Å². The number of halogens is 2. The SMILES string of the molecule is Cc1cnc(NC2CCC3(CCC2(F)F)OCCO3)nc1. The Bertz CT molecular complexity index is 489. The van der Waals surface area contributed by atoms with Crippen LogP contribution in [-0.4, -0.2) is 40.9 Å². The fourth-order valence-corrected chi connectivity index (χ4v) is 2.82. The maximum Gasteiger partial charge on any atom is 0.268 e. The van der Waals surface area contributed by atoms with Gasteiger partial charge in [0, 0.05) is 31.7 Å². The van der Waals surface area contributed by atoms with Crippen molar-refractivity contribution in [3.8, 4) is 0 Å². The van der Waals surface area contributed by atoms with Crippen LogP contribution >= 0.6 is 0 Å². The molecule has 0 radical (unpaired) electrons. The molecule has 116 valence electrons. The smallest absolute Gasteiger partial charge is 0.268 e. The Balaban J connectivity index is 1.72. The van der Waals surface area contributed by atoms with Crippen molar-refractivity contribution in [3.63, 3.8) is 0 Å². The lowest BCUT2D eigenvalue weighted by Crippen LogP contribution is -2.39. The highest BCUT2D eigenvalue weighted by molar-refractivity contribution is 5.27. The second kappa shape index (κ2) is 5.46. The first kappa shape index (κ1) is 14.6. The third-order valence-electron chi connectivity index (χ3n) is 4.06. The maximum atomic E-state index is 14.3. The maximum absolute atomic E-state index is 14.3. The zero-order chi connectivity index (χ0) is 14.9. The predicted octanol–water partition coefficient (Wildman–Crippen LogP) is 2.52. The molecule has 3 rings (SSSR count). The highest BCUT2D eigenvalue weighted by atomic mass is 19.3. The van der Waals surface area contributed by atoms with Gasteiger partial charge in [0.1, 0.15) is 0 Å². The molecule has 1 aromatic rings. The van der Waals surface area contributed by atoms with E-state index in [1.807, 2.05) is 6.92 Å². The number of alkyl halides is 2. The first-order chi connectivity index (χ1) is 9.99. The summed E-state index contributed by atoms with van der Waals surface area (Å²) >= 11 is 0. The molecule has 2 heterocycles. The summed E-state index contributed by atoms with van der Waals surface area (Å²) in [6.07, 6.45) is 3.86. The van der Waals surface area contributed by atoms with Crippen LogP contribution in [0.4, 0.5) is 14.7 Å². The molecule has 1 saturated heterocycles. The summed E-state index contributed by atoms with van der Waals surface area (Å²) in [6.45, 7) is 2.80. The third-order valence-corrected chi connectivity index (χ3v) is 4.06. The van der Waals surface area contributed by atoms with Crippen LogP contribution in [0.3, 0.4) is 0 Å². The normalized spacial score (nSPS) is 27.5. The van der Waals surface area contributed by atoms with E-state index in [0.29, 0.717) is 19.6 Å². The fraction of sp³-hybridized carbons (Fsp3) is 0.714. The minimum absolute atomic E-state index is 0.215. The highest BCUT2D eigenvalue weighted by Gasteiger charge is 2.49. The van der Waals surface area contributed by atoms with Gasteiger partial charge in [-0.25, -0.2) is 18.7 Å². The molecule has 1 aromatic heterocycles. The molecule has 1 aliphatic carbocycles. The molecule has 21 heavy (non-hydrogen) atoms. The number of nitrogens with zero attached hydrogens (tertiary/aromatic N) is 2. The number of aromatic nitrogens is 2. The number of ether oxygens (including phenoxy) is 2. The molecule has 1 spiro atoms. The van der Waals surface area contributed by atoms with Gasteiger partial charge in [0.05, 0.1) is 19.3 Å². The van der Waals surface area contributed by atoms with Crippen molar-refractivity contribution in [2.75, 3.05) is 18.5 Å². The fourth-order valence-electron chi connectivity index (χ4n) is 2.82. The van der Waals surface area contributed by atoms with Crippen LogP contribution in [0.25, 0.3) is 0 Å². The summed E-state index contributed by atoms with van der Waals surface area (Å²) in [4.78, 5) is 8.08. The summed E-state index contributed by atoms with van der Waals surface area (Å²) in [6, 6.07) is -1.01. The van der Waals surface area contributed by atoms with E-state index >= 15 is 0 Å². The van der Waals surface area contributed by atoms with Gasteiger partial charge in [-0.2, -0.15) is 0 Å². The highest BCUT2D eigenvalue weighted by Crippen LogP contribution is 2.41. The van der Waals surface area contributed by atoms with Crippen LogP contribution in [0, 0.1) is 6.92 Å². The van der Waals surface area contributed by atoms with Crippen molar-refractivity contribution in [3.05, 3.63) is 18.0 Å². The van der Waals surface area contributed by atoms with E-state index in [0.717, 1.165) is 5.56 Å². The Hall–Kier alpha value is -1.34. The number of rotatable bonds is 2. The lowest BCUT2D eigenvalue weighted by molar-refractivity contribution is -0.168. The van der Waals surface area contributed by atoms with Gasteiger partial charge in [0.25, 0.3) is 5.92 Å². The van der Waals surface area contributed by atoms with Gasteiger partial charge in [-0.3, -0.25) is 0 Å². The minimum atomic E-state index is -2.84. The van der Waals surface area contributed by atoms with Crippen LogP contribution in [0.15, 0.2) is 12.4 Å². The van der Waals surface area contributed by atoms with E-state index in [2.05, 4.69) is 15.3 Å². The van der Waals surface area contributed by atoms with Crippen molar-refractivity contribution in [2.24, 2.45) is 0 Å². The summed E-state index contributed by atoms with van der Waals surface area (Å²) in [5, 5.41) is 2.76. The summed E-state index contributed by atoms with van der Waals surface area (Å²) < 4.78 is 39.7. The lowest BCUT2D eigenvalue weighted by Gasteiger charge is -2.25. The van der Waals surface area contributed by atoms with Crippen molar-refractivity contribution in [2.45, 2.75) is 50.4 Å². The van der Waals surface area contributed by atoms with E-state index in [1.165, 1.54) is 0 Å². The van der Waals surface area contributed by atoms with Crippen LogP contribution in [0.2, 0.25) is 0 Å². The zero-order valence-electron chi connectivity index (χ0n) is 11.9. The molecule has 2 fully saturated rings. The average Bonchev–Trinajstić information content (AvgIpc) is 2.88. The Morgan fingerprint density at radius 3 is 2.48 bits per heavy atom. The second-order valence-electron chi connectivity index (χ2n) is 5.69. The molecule has 0 amide bonds. The molecule has 1 saturated carbocycles. The zero-order valence-corrected chi connectivity index (χ0v) is 11.9. The quantitative estimate of drug-likeness (QED) is 0.909. The Labute approximate surface area is 122 Å². The number of aryl methyl sites for hydroxylation is 1. The molecular weight excluding hydrogens is 280 g/mol. The van der Waals surface area contributed by atoms with Crippen molar-refractivity contribution in [1.29, 1.82) is 0 Å². The molecular formula is C14H19F2N3O2. The molecule has 5 nitrogen and oxygen atoms in total. The number of hydrogen-bond acceptors (Lipinski definition) is 5. The van der Waals surface area contributed by atoms with E-state index in [-0.39, 0.29) is 25.2 Å². The average molecular weight is 299 g/mol. The van der Waals surface area contributed by atoms with Crippen molar-refractivity contribution < 1.29 is 18.3 Å². The second-order valence-corrected chi connectivity index (χ2v) is 5.69. The van der Waals surface area contributed by atoms with Crippen molar-refractivity contribution >= 4 is 5.95 Å². The van der Waals surface area contributed by atoms with Gasteiger partial charge in [0.2, 0.25) is 5.95 Å². The number of nitrogens with one attached hydrogen (secondary N) is 1. The van der Waals surface area contributed by atoms with Crippen LogP contribution in [0.5, 0.6) is 0 Å². The molecule has 0 aromatic carbocycles. The molecule has 1 unspecified atom stereocenters. The molecule has 1 N–H and O–H groups in total. The largest absolute Gasteiger partial charge is 0.348 e. The van der Waals surface area contributed by atoms with Crippen molar-refractivity contribution in [1.82, 2.24) is 9.97 Å². The Morgan fingerprint density at radius 1 is 1.14 bits per heavy atom. The van der Waals surface area contributed by atoms with Crippen LogP contribution in [0.1, 0.15) is 31.2 Å². The first-order valence-electron chi connectivity index (χ1n) is 7.20. The monoisotopic (exact) mass is 299 g/mol. The number of anilines is 1. The standard InChI is InChI=1S/C14H19F2N3O2/c1-10-8-17-12(18-9-10)19-11-2-3-13(20-6-7-21-13)4-5-14(11,15)16/h8-9,11H,2-7H2,1H3,(H,17,18,19). The molecule has 1 aliphatic heterocycles. The van der Waals surface area contributed by atoms with Gasteiger partial charge < -0.3 is 14.8 Å². The van der Waals surface area contributed by atoms with E-state index in [9.17, 15) is 8.78 Å². The molecule has 2 aliphatic rings. The predicted molar refractivity (Wildman–Crippen MR) is 72.2 cm³/mol. The van der Waals surface area contributed by atoms with E-state index in [1.54, 1.807) is 12.4 Å². The van der Waals surface area contributed by atoms with E-state index in [4.69, 9.17) is 9.47 Å². The van der Waals surface area contributed by atoms with Gasteiger partial charge in [0.15, 0.2) is 5.79 Å². The van der Waals surface area contributed by atoms with Gasteiger partial charge in [-0.15, -0.1) is 0 Å². The minimum Gasteiger partial charge on any atom is -0.348 e. The first-order valence-corrected chi connectivity index (χ1v) is 7.20. The topological polar surface area (TPSA) is 56.3 Å². The summed E-state index contributed by atoms with van der Waals surface area (Å²) in [7, 11) is 0. The van der Waals surface area contributed by atoms with Crippen LogP contribution in [-0.2, 0) is 9.47 Å². The van der Waals surface area contributed by atoms with Gasteiger partial charge >= 0.3 is 0 Å².